The van der Waals surface area contributed by atoms with E-state index in [1.807, 2.05) is 54.6 Å². The Balaban J connectivity index is 1.93. The van der Waals surface area contributed by atoms with Crippen molar-refractivity contribution in [3.63, 3.8) is 0 Å². The van der Waals surface area contributed by atoms with Crippen LogP contribution in [-0.4, -0.2) is 17.1 Å². The number of fused-ring (bicyclic) bond motifs is 1. The van der Waals surface area contributed by atoms with Gasteiger partial charge in [0, 0.05) is 29.5 Å². The molecule has 0 fully saturated rings. The maximum absolute atomic E-state index is 6.76. The summed E-state index contributed by atoms with van der Waals surface area (Å²) in [6.07, 6.45) is 7.49. The molecule has 2 N–H and O–H groups in total. The van der Waals surface area contributed by atoms with Gasteiger partial charge in [-0.05, 0) is 65.4 Å². The van der Waals surface area contributed by atoms with Crippen molar-refractivity contribution < 1.29 is 4.74 Å². The number of ether oxygens (including phenoxy) is 1. The van der Waals surface area contributed by atoms with Crippen LogP contribution in [-0.2, 0) is 0 Å². The maximum Gasteiger partial charge on any atom is 0.118 e. The molecule has 0 bridgehead atoms. The number of rotatable bonds is 5. The lowest BCUT2D eigenvalue weighted by atomic mass is 9.96. The van der Waals surface area contributed by atoms with Crippen LogP contribution in [0.3, 0.4) is 0 Å². The number of benzene rings is 2. The minimum atomic E-state index is 0.630. The van der Waals surface area contributed by atoms with E-state index < -0.39 is 0 Å². The molecule has 0 amide bonds. The van der Waals surface area contributed by atoms with Crippen LogP contribution in [0.2, 0.25) is 0 Å². The van der Waals surface area contributed by atoms with E-state index in [4.69, 9.17) is 10.5 Å². The monoisotopic (exact) mass is 393 g/mol. The number of hydrogen-bond donors (Lipinski definition) is 1. The first kappa shape index (κ1) is 19.4. The largest absolute Gasteiger partial charge is 0.497 e. The molecule has 0 aliphatic heterocycles. The Kier molecular flexibility index (Phi) is 5.57. The normalized spacial score (nSPS) is 12.5. The zero-order chi connectivity index (χ0) is 20.9. The fourth-order valence-electron chi connectivity index (χ4n) is 3.46. The number of methoxy groups -OCH3 is 1. The lowest BCUT2D eigenvalue weighted by Gasteiger charge is -2.13. The van der Waals surface area contributed by atoms with Crippen LogP contribution in [0, 0.1) is 0 Å². The Morgan fingerprint density at radius 2 is 1.60 bits per heavy atom. The minimum absolute atomic E-state index is 0.630. The van der Waals surface area contributed by atoms with Crippen molar-refractivity contribution in [2.45, 2.75) is 6.92 Å². The summed E-state index contributed by atoms with van der Waals surface area (Å²) in [4.78, 5) is 8.73. The van der Waals surface area contributed by atoms with Gasteiger partial charge in [0.1, 0.15) is 5.75 Å². The third-order valence-electron chi connectivity index (χ3n) is 5.12. The lowest BCUT2D eigenvalue weighted by molar-refractivity contribution is 0.415. The SMILES string of the molecule is COc1ccc(C(/C=C(\C)c2ccncc2)=C(/N)c2nccc3ccccc23)cc1. The van der Waals surface area contributed by atoms with E-state index in [1.54, 1.807) is 25.7 Å². The quantitative estimate of drug-likeness (QED) is 0.450. The molecular formula is C26H23N3O. The summed E-state index contributed by atoms with van der Waals surface area (Å²) in [5, 5.41) is 2.13. The minimum Gasteiger partial charge on any atom is -0.497 e. The number of allylic oxidation sites excluding steroid dienone is 3. The van der Waals surface area contributed by atoms with E-state index in [-0.39, 0.29) is 0 Å². The Bertz CT molecular complexity index is 1220. The predicted molar refractivity (Wildman–Crippen MR) is 124 cm³/mol. The lowest BCUT2D eigenvalue weighted by Crippen LogP contribution is -2.04. The Morgan fingerprint density at radius 3 is 2.33 bits per heavy atom. The average molecular weight is 393 g/mol. The van der Waals surface area contributed by atoms with Gasteiger partial charge in [0.2, 0.25) is 0 Å². The van der Waals surface area contributed by atoms with Gasteiger partial charge in [-0.1, -0.05) is 36.4 Å². The molecule has 4 heteroatoms. The van der Waals surface area contributed by atoms with Crippen LogP contribution < -0.4 is 10.5 Å². The first-order valence-electron chi connectivity index (χ1n) is 9.74. The van der Waals surface area contributed by atoms with Crippen LogP contribution in [0.15, 0.2) is 91.4 Å². The van der Waals surface area contributed by atoms with Gasteiger partial charge in [0.05, 0.1) is 18.5 Å². The zero-order valence-corrected chi connectivity index (χ0v) is 17.0. The van der Waals surface area contributed by atoms with Gasteiger partial charge in [-0.3, -0.25) is 9.97 Å². The number of aromatic nitrogens is 2. The topological polar surface area (TPSA) is 61.0 Å². The van der Waals surface area contributed by atoms with E-state index in [1.165, 1.54) is 0 Å². The van der Waals surface area contributed by atoms with E-state index in [0.717, 1.165) is 44.5 Å². The molecule has 0 saturated carbocycles. The third kappa shape index (κ3) is 3.94. The second-order valence-electron chi connectivity index (χ2n) is 7.00. The van der Waals surface area contributed by atoms with Gasteiger partial charge in [0.25, 0.3) is 0 Å². The average Bonchev–Trinajstić information content (AvgIpc) is 2.82. The van der Waals surface area contributed by atoms with Crippen LogP contribution in [0.1, 0.15) is 23.7 Å². The fourth-order valence-corrected chi connectivity index (χ4v) is 3.46. The van der Waals surface area contributed by atoms with Crippen molar-refractivity contribution in [1.82, 2.24) is 9.97 Å². The van der Waals surface area contributed by atoms with Crippen LogP contribution >= 0.6 is 0 Å². The Morgan fingerprint density at radius 1 is 0.867 bits per heavy atom. The van der Waals surface area contributed by atoms with E-state index in [9.17, 15) is 0 Å². The summed E-state index contributed by atoms with van der Waals surface area (Å²) in [7, 11) is 1.66. The van der Waals surface area contributed by atoms with Gasteiger partial charge < -0.3 is 10.5 Å². The Hall–Kier alpha value is -3.92. The molecular weight excluding hydrogens is 370 g/mol. The van der Waals surface area contributed by atoms with Gasteiger partial charge in [-0.25, -0.2) is 0 Å². The number of nitrogens with zero attached hydrogens (tertiary/aromatic N) is 2. The summed E-state index contributed by atoms with van der Waals surface area (Å²) >= 11 is 0. The van der Waals surface area contributed by atoms with Crippen molar-refractivity contribution in [2.75, 3.05) is 7.11 Å². The molecule has 0 unspecified atom stereocenters. The summed E-state index contributed by atoms with van der Waals surface area (Å²) in [5.41, 5.74) is 12.3. The number of pyridine rings is 2. The van der Waals surface area contributed by atoms with Crippen LogP contribution in [0.5, 0.6) is 5.75 Å². The van der Waals surface area contributed by atoms with Gasteiger partial charge in [-0.15, -0.1) is 0 Å². The van der Waals surface area contributed by atoms with Crippen molar-refractivity contribution in [2.24, 2.45) is 5.73 Å². The highest BCUT2D eigenvalue weighted by molar-refractivity contribution is 6.02. The van der Waals surface area contributed by atoms with Gasteiger partial charge in [0.15, 0.2) is 0 Å². The Labute approximate surface area is 176 Å². The molecule has 0 aliphatic rings. The second-order valence-corrected chi connectivity index (χ2v) is 7.00. The summed E-state index contributed by atoms with van der Waals surface area (Å²) in [6, 6.07) is 22.0. The smallest absolute Gasteiger partial charge is 0.118 e. The first-order chi connectivity index (χ1) is 14.7. The number of hydrogen-bond acceptors (Lipinski definition) is 4. The molecule has 2 heterocycles. The van der Waals surface area contributed by atoms with Crippen molar-refractivity contribution in [3.8, 4) is 5.75 Å². The molecule has 2 aromatic carbocycles. The molecule has 4 nitrogen and oxygen atoms in total. The molecule has 0 spiro atoms. The summed E-state index contributed by atoms with van der Waals surface area (Å²) in [6.45, 7) is 2.07. The maximum atomic E-state index is 6.76. The molecule has 4 rings (SSSR count). The molecule has 0 aliphatic carbocycles. The zero-order valence-electron chi connectivity index (χ0n) is 17.0. The fraction of sp³-hybridized carbons (Fsp3) is 0.0769. The molecule has 0 atom stereocenters. The van der Waals surface area contributed by atoms with E-state index in [2.05, 4.69) is 35.1 Å². The van der Waals surface area contributed by atoms with Crippen molar-refractivity contribution >= 4 is 27.6 Å². The summed E-state index contributed by atoms with van der Waals surface area (Å²) < 4.78 is 5.32. The summed E-state index contributed by atoms with van der Waals surface area (Å²) in [5.74, 6) is 0.801. The highest BCUT2D eigenvalue weighted by Crippen LogP contribution is 2.31. The van der Waals surface area contributed by atoms with Crippen molar-refractivity contribution in [3.05, 3.63) is 108 Å². The standard InChI is InChI=1S/C26H23N3O/c1-18(19-11-14-28-15-12-19)17-24(21-7-9-22(30-2)10-8-21)25(27)26-23-6-4-3-5-20(23)13-16-29-26/h3-17H,27H2,1-2H3/b18-17+,25-24+. The molecule has 0 radical (unpaired) electrons. The second kappa shape index (κ2) is 8.62. The first-order valence-corrected chi connectivity index (χ1v) is 9.74. The molecule has 148 valence electrons. The highest BCUT2D eigenvalue weighted by atomic mass is 16.5. The van der Waals surface area contributed by atoms with Gasteiger partial charge >= 0.3 is 0 Å². The molecule has 0 saturated heterocycles. The number of nitrogens with two attached hydrogens (primary N) is 1. The molecule has 30 heavy (non-hydrogen) atoms. The molecule has 2 aromatic heterocycles. The van der Waals surface area contributed by atoms with Crippen LogP contribution in [0.4, 0.5) is 0 Å². The van der Waals surface area contributed by atoms with Gasteiger partial charge in [-0.2, -0.15) is 0 Å². The van der Waals surface area contributed by atoms with Crippen LogP contribution in [0.25, 0.3) is 27.6 Å². The molecule has 4 aromatic rings. The van der Waals surface area contributed by atoms with E-state index in [0.29, 0.717) is 5.70 Å². The predicted octanol–water partition coefficient (Wildman–Crippen LogP) is 5.57. The third-order valence-corrected chi connectivity index (χ3v) is 5.12. The highest BCUT2D eigenvalue weighted by Gasteiger charge is 2.12. The van der Waals surface area contributed by atoms with Crippen molar-refractivity contribution in [1.29, 1.82) is 0 Å². The van der Waals surface area contributed by atoms with E-state index >= 15 is 0 Å².